The molecule has 1 atom stereocenters. The second-order valence-corrected chi connectivity index (χ2v) is 7.77. The van der Waals surface area contributed by atoms with Crippen LogP contribution in [0.5, 0.6) is 0 Å². The van der Waals surface area contributed by atoms with Gasteiger partial charge in [0.25, 0.3) is 0 Å². The van der Waals surface area contributed by atoms with E-state index in [9.17, 15) is 8.42 Å². The molecular formula is C15H25N3O2S. The van der Waals surface area contributed by atoms with Crippen molar-refractivity contribution in [1.82, 2.24) is 9.21 Å². The van der Waals surface area contributed by atoms with E-state index in [0.29, 0.717) is 13.1 Å². The molecule has 2 rings (SSSR count). The molecule has 0 saturated carbocycles. The fourth-order valence-electron chi connectivity index (χ4n) is 2.83. The van der Waals surface area contributed by atoms with Gasteiger partial charge >= 0.3 is 0 Å². The highest BCUT2D eigenvalue weighted by molar-refractivity contribution is 7.88. The lowest BCUT2D eigenvalue weighted by Crippen LogP contribution is -2.42. The summed E-state index contributed by atoms with van der Waals surface area (Å²) in [6, 6.07) is 7.52. The van der Waals surface area contributed by atoms with Gasteiger partial charge in [-0.3, -0.25) is 0 Å². The molecule has 5 nitrogen and oxygen atoms in total. The molecule has 0 amide bonds. The standard InChI is InChI=1S/C15H25N3O2S/c1-13-11-17(2)8-3-9-18(13)21(19,20)12-15-6-4-14(10-16)5-7-15/h4-7,13H,3,8-12,16H2,1-2H3. The van der Waals surface area contributed by atoms with E-state index < -0.39 is 10.0 Å². The van der Waals surface area contributed by atoms with E-state index in [1.165, 1.54) is 0 Å². The molecule has 0 spiro atoms. The number of sulfonamides is 1. The average molecular weight is 311 g/mol. The number of rotatable bonds is 4. The van der Waals surface area contributed by atoms with E-state index in [1.807, 2.05) is 38.2 Å². The van der Waals surface area contributed by atoms with Gasteiger partial charge in [-0.1, -0.05) is 24.3 Å². The van der Waals surface area contributed by atoms with Crippen molar-refractivity contribution in [2.24, 2.45) is 5.73 Å². The predicted molar refractivity (Wildman–Crippen MR) is 85.2 cm³/mol. The van der Waals surface area contributed by atoms with Crippen molar-refractivity contribution in [2.45, 2.75) is 31.7 Å². The summed E-state index contributed by atoms with van der Waals surface area (Å²) in [5.41, 5.74) is 7.39. The first kappa shape index (κ1) is 16.4. The second kappa shape index (κ2) is 6.87. The van der Waals surface area contributed by atoms with Crippen LogP contribution >= 0.6 is 0 Å². The molecule has 6 heteroatoms. The molecule has 1 heterocycles. The third-order valence-electron chi connectivity index (χ3n) is 3.95. The zero-order chi connectivity index (χ0) is 15.5. The summed E-state index contributed by atoms with van der Waals surface area (Å²) >= 11 is 0. The molecule has 0 radical (unpaired) electrons. The number of hydrogen-bond donors (Lipinski definition) is 1. The predicted octanol–water partition coefficient (Wildman–Crippen LogP) is 1.00. The Morgan fingerprint density at radius 2 is 1.81 bits per heavy atom. The van der Waals surface area contributed by atoms with Crippen molar-refractivity contribution in [2.75, 3.05) is 26.7 Å². The second-order valence-electron chi connectivity index (χ2n) is 5.85. The summed E-state index contributed by atoms with van der Waals surface area (Å²) in [5.74, 6) is 0.0614. The highest BCUT2D eigenvalue weighted by Gasteiger charge is 2.29. The van der Waals surface area contributed by atoms with Crippen LogP contribution in [0.4, 0.5) is 0 Å². The first-order valence-electron chi connectivity index (χ1n) is 7.38. The zero-order valence-corrected chi connectivity index (χ0v) is 13.6. The van der Waals surface area contributed by atoms with Crippen molar-refractivity contribution in [3.8, 4) is 0 Å². The summed E-state index contributed by atoms with van der Waals surface area (Å²) in [6.07, 6.45) is 0.881. The summed E-state index contributed by atoms with van der Waals surface area (Å²) in [5, 5.41) is 0. The Balaban J connectivity index is 2.12. The fraction of sp³-hybridized carbons (Fsp3) is 0.600. The van der Waals surface area contributed by atoms with Crippen LogP contribution in [-0.2, 0) is 22.3 Å². The molecular weight excluding hydrogens is 286 g/mol. The fourth-order valence-corrected chi connectivity index (χ4v) is 4.63. The number of hydrogen-bond acceptors (Lipinski definition) is 4. The monoisotopic (exact) mass is 311 g/mol. The maximum absolute atomic E-state index is 12.7. The number of benzene rings is 1. The SMILES string of the molecule is CC1CN(C)CCCN1S(=O)(=O)Cc1ccc(CN)cc1. The van der Waals surface area contributed by atoms with Gasteiger partial charge in [0.05, 0.1) is 5.75 Å². The number of nitrogens with two attached hydrogens (primary N) is 1. The maximum atomic E-state index is 12.7. The van der Waals surface area contributed by atoms with Crippen LogP contribution in [-0.4, -0.2) is 50.3 Å². The molecule has 1 aliphatic rings. The van der Waals surface area contributed by atoms with Crippen molar-refractivity contribution in [1.29, 1.82) is 0 Å². The molecule has 0 aromatic heterocycles. The first-order chi connectivity index (χ1) is 9.92. The minimum Gasteiger partial charge on any atom is -0.326 e. The molecule has 1 aromatic rings. The van der Waals surface area contributed by atoms with E-state index in [-0.39, 0.29) is 11.8 Å². The lowest BCUT2D eigenvalue weighted by Gasteiger charge is -2.27. The lowest BCUT2D eigenvalue weighted by atomic mass is 10.1. The topological polar surface area (TPSA) is 66.6 Å². The quantitative estimate of drug-likeness (QED) is 0.901. The Morgan fingerprint density at radius 1 is 1.19 bits per heavy atom. The normalized spacial score (nSPS) is 22.1. The van der Waals surface area contributed by atoms with Gasteiger partial charge in [0.1, 0.15) is 0 Å². The van der Waals surface area contributed by atoms with E-state index in [1.54, 1.807) is 4.31 Å². The van der Waals surface area contributed by atoms with Crippen molar-refractivity contribution >= 4 is 10.0 Å². The molecule has 1 fully saturated rings. The Labute approximate surface area is 127 Å². The van der Waals surface area contributed by atoms with Crippen molar-refractivity contribution in [3.05, 3.63) is 35.4 Å². The van der Waals surface area contributed by atoms with Gasteiger partial charge in [-0.25, -0.2) is 8.42 Å². The van der Waals surface area contributed by atoms with Crippen LogP contribution in [0.25, 0.3) is 0 Å². The van der Waals surface area contributed by atoms with Crippen LogP contribution in [0.3, 0.4) is 0 Å². The minimum absolute atomic E-state index is 0.0193. The van der Waals surface area contributed by atoms with Gasteiger partial charge in [-0.15, -0.1) is 0 Å². The first-order valence-corrected chi connectivity index (χ1v) is 8.99. The number of likely N-dealkylation sites (N-methyl/N-ethyl adjacent to an activating group) is 1. The Hall–Kier alpha value is -0.950. The molecule has 0 bridgehead atoms. The third kappa shape index (κ3) is 4.26. The van der Waals surface area contributed by atoms with Gasteiger partial charge in [-0.2, -0.15) is 4.31 Å². The summed E-state index contributed by atoms with van der Waals surface area (Å²) < 4.78 is 27.0. The maximum Gasteiger partial charge on any atom is 0.218 e. The van der Waals surface area contributed by atoms with E-state index in [2.05, 4.69) is 4.90 Å². The van der Waals surface area contributed by atoms with Crippen molar-refractivity contribution < 1.29 is 8.42 Å². The van der Waals surface area contributed by atoms with Gasteiger partial charge in [0.15, 0.2) is 0 Å². The van der Waals surface area contributed by atoms with E-state index >= 15 is 0 Å². The number of nitrogens with zero attached hydrogens (tertiary/aromatic N) is 2. The lowest BCUT2D eigenvalue weighted by molar-refractivity contribution is 0.290. The van der Waals surface area contributed by atoms with Gasteiger partial charge < -0.3 is 10.6 Å². The highest BCUT2D eigenvalue weighted by atomic mass is 32.2. The van der Waals surface area contributed by atoms with Gasteiger partial charge in [0, 0.05) is 25.7 Å². The molecule has 1 saturated heterocycles. The van der Waals surface area contributed by atoms with Crippen LogP contribution < -0.4 is 5.73 Å². The van der Waals surface area contributed by atoms with Crippen LogP contribution in [0, 0.1) is 0 Å². The third-order valence-corrected chi connectivity index (χ3v) is 5.91. The Bertz CT molecular complexity index is 557. The zero-order valence-electron chi connectivity index (χ0n) is 12.8. The molecule has 21 heavy (non-hydrogen) atoms. The smallest absolute Gasteiger partial charge is 0.218 e. The summed E-state index contributed by atoms with van der Waals surface area (Å²) in [7, 11) is -1.24. The molecule has 118 valence electrons. The molecule has 1 aromatic carbocycles. The van der Waals surface area contributed by atoms with Crippen LogP contribution in [0.1, 0.15) is 24.5 Å². The van der Waals surface area contributed by atoms with Crippen LogP contribution in [0.15, 0.2) is 24.3 Å². The van der Waals surface area contributed by atoms with Crippen LogP contribution in [0.2, 0.25) is 0 Å². The molecule has 2 N–H and O–H groups in total. The van der Waals surface area contributed by atoms with Gasteiger partial charge in [-0.05, 0) is 38.1 Å². The minimum atomic E-state index is -3.28. The van der Waals surface area contributed by atoms with E-state index in [4.69, 9.17) is 5.73 Å². The Morgan fingerprint density at radius 3 is 2.43 bits per heavy atom. The van der Waals surface area contributed by atoms with Crippen molar-refractivity contribution in [3.63, 3.8) is 0 Å². The summed E-state index contributed by atoms with van der Waals surface area (Å²) in [6.45, 7) is 4.79. The Kier molecular flexibility index (Phi) is 5.37. The average Bonchev–Trinajstić information content (AvgIpc) is 2.60. The molecule has 0 aliphatic carbocycles. The largest absolute Gasteiger partial charge is 0.326 e. The summed E-state index contributed by atoms with van der Waals surface area (Å²) in [4.78, 5) is 2.19. The van der Waals surface area contributed by atoms with E-state index in [0.717, 1.165) is 30.6 Å². The molecule has 1 aliphatic heterocycles. The van der Waals surface area contributed by atoms with Gasteiger partial charge in [0.2, 0.25) is 10.0 Å². The highest BCUT2D eigenvalue weighted by Crippen LogP contribution is 2.18. The molecule has 1 unspecified atom stereocenters.